The molecule has 0 aliphatic carbocycles. The number of carbonyl (C=O) groups excluding carboxylic acids is 3. The van der Waals surface area contributed by atoms with E-state index >= 15 is 0 Å². The lowest BCUT2D eigenvalue weighted by molar-refractivity contribution is -0.153. The topological polar surface area (TPSA) is 90.4 Å². The van der Waals surface area contributed by atoms with Crippen LogP contribution in [0.5, 0.6) is 0 Å². The van der Waals surface area contributed by atoms with Gasteiger partial charge in [-0.2, -0.15) is 0 Å². The number of nitrogens with zero attached hydrogens (tertiary/aromatic N) is 3. The maximum Gasteiger partial charge on any atom is 0.248 e. The zero-order valence-electron chi connectivity index (χ0n) is 24.9. The van der Waals surface area contributed by atoms with Crippen LogP contribution in [0.3, 0.4) is 0 Å². The van der Waals surface area contributed by atoms with E-state index in [1.807, 2.05) is 44.2 Å². The first-order chi connectivity index (χ1) is 19.8. The van der Waals surface area contributed by atoms with E-state index in [9.17, 15) is 19.5 Å². The first kappa shape index (κ1) is 31.0. The number of hydrogen-bond donors (Lipinski definition) is 1. The van der Waals surface area contributed by atoms with E-state index in [0.29, 0.717) is 39.0 Å². The number of unbranched alkanes of at least 4 members (excludes halogenated alkanes) is 1. The van der Waals surface area contributed by atoms with Crippen LogP contribution in [-0.2, 0) is 25.7 Å². The van der Waals surface area contributed by atoms with E-state index in [-0.39, 0.29) is 30.2 Å². The van der Waals surface area contributed by atoms with Crippen LogP contribution in [0.1, 0.15) is 58.4 Å². The number of carbonyl (C=O) groups is 3. The third kappa shape index (κ3) is 5.61. The molecule has 3 saturated heterocycles. The Morgan fingerprint density at radius 2 is 1.83 bits per heavy atom. The highest BCUT2D eigenvalue weighted by molar-refractivity contribution is 5.99. The van der Waals surface area contributed by atoms with Crippen LogP contribution in [0.15, 0.2) is 55.6 Å². The maximum absolute atomic E-state index is 14.5. The maximum atomic E-state index is 14.5. The molecule has 7 atom stereocenters. The predicted molar refractivity (Wildman–Crippen MR) is 159 cm³/mol. The average Bonchev–Trinajstić information content (AvgIpc) is 3.63. The Labute approximate surface area is 245 Å². The minimum atomic E-state index is -1.10. The quantitative estimate of drug-likeness (QED) is 0.327. The molecule has 3 fully saturated rings. The number of ether oxygens (including phenoxy) is 1. The second kappa shape index (κ2) is 13.3. The zero-order chi connectivity index (χ0) is 29.7. The Balaban J connectivity index is 1.75. The van der Waals surface area contributed by atoms with Gasteiger partial charge in [-0.1, -0.05) is 76.1 Å². The van der Waals surface area contributed by atoms with Crippen molar-refractivity contribution in [2.45, 2.75) is 83.2 Å². The van der Waals surface area contributed by atoms with Crippen molar-refractivity contribution < 1.29 is 24.2 Å². The summed E-state index contributed by atoms with van der Waals surface area (Å²) in [6, 6.07) is 8.31. The minimum Gasteiger partial charge on any atom is -0.394 e. The van der Waals surface area contributed by atoms with Gasteiger partial charge in [-0.25, -0.2) is 0 Å². The summed E-state index contributed by atoms with van der Waals surface area (Å²) in [5.74, 6) is -2.10. The molecule has 0 aromatic heterocycles. The van der Waals surface area contributed by atoms with Crippen molar-refractivity contribution in [2.75, 3.05) is 26.2 Å². The molecule has 3 heterocycles. The third-order valence-corrected chi connectivity index (χ3v) is 9.42. The van der Waals surface area contributed by atoms with Gasteiger partial charge < -0.3 is 24.5 Å². The van der Waals surface area contributed by atoms with Gasteiger partial charge in [-0.05, 0) is 30.7 Å². The molecule has 8 heteroatoms. The van der Waals surface area contributed by atoms with Crippen LogP contribution in [0, 0.1) is 17.8 Å². The molecule has 4 rings (SSSR count). The molecule has 224 valence electrons. The average molecular weight is 566 g/mol. The molecule has 3 amide bonds. The van der Waals surface area contributed by atoms with Crippen molar-refractivity contribution in [3.05, 3.63) is 61.2 Å². The molecule has 1 N–H and O–H groups in total. The molecule has 3 aliphatic rings. The Morgan fingerprint density at radius 3 is 2.44 bits per heavy atom. The van der Waals surface area contributed by atoms with E-state index in [2.05, 4.69) is 20.1 Å². The van der Waals surface area contributed by atoms with Gasteiger partial charge in [0.1, 0.15) is 11.6 Å². The van der Waals surface area contributed by atoms with E-state index in [1.54, 1.807) is 26.9 Å². The van der Waals surface area contributed by atoms with Crippen LogP contribution < -0.4 is 0 Å². The van der Waals surface area contributed by atoms with Crippen molar-refractivity contribution in [2.24, 2.45) is 17.8 Å². The fourth-order valence-electron chi connectivity index (χ4n) is 7.20. The summed E-state index contributed by atoms with van der Waals surface area (Å²) in [4.78, 5) is 48.3. The smallest absolute Gasteiger partial charge is 0.248 e. The second-order valence-corrected chi connectivity index (χ2v) is 11.9. The van der Waals surface area contributed by atoms with Crippen LogP contribution >= 0.6 is 0 Å². The lowest BCUT2D eigenvalue weighted by atomic mass is 9.70. The van der Waals surface area contributed by atoms with E-state index in [1.165, 1.54) is 0 Å². The summed E-state index contributed by atoms with van der Waals surface area (Å²) in [5, 5.41) is 10.6. The highest BCUT2D eigenvalue weighted by Crippen LogP contribution is 2.59. The number of likely N-dealkylation sites (tertiary alicyclic amines) is 1. The first-order valence-corrected chi connectivity index (χ1v) is 15.2. The fraction of sp³-hybridized carbons (Fsp3) is 0.606. The van der Waals surface area contributed by atoms with Gasteiger partial charge in [-0.15, -0.1) is 13.2 Å². The Kier molecular flexibility index (Phi) is 10.1. The SMILES string of the molecule is C=CCN(CCCC)C(=O)C1N([C@@H](CO)[C@@H](C)CC)C(=O)[C@@H]2[C@@H](C(=O)N(CC=C)Cc3ccccc3)[C@H]3CCC12O3. The first-order valence-electron chi connectivity index (χ1n) is 15.2. The molecule has 0 radical (unpaired) electrons. The van der Waals surface area contributed by atoms with Crippen molar-refractivity contribution in [1.29, 1.82) is 0 Å². The van der Waals surface area contributed by atoms with Gasteiger partial charge in [0.05, 0.1) is 30.6 Å². The summed E-state index contributed by atoms with van der Waals surface area (Å²) >= 11 is 0. The lowest BCUT2D eigenvalue weighted by Gasteiger charge is -2.41. The molecular formula is C33H47N3O5. The summed E-state index contributed by atoms with van der Waals surface area (Å²) in [5.41, 5.74) is -0.111. The number of aliphatic hydroxyl groups excluding tert-OH is 1. The normalized spacial score (nSPS) is 27.8. The van der Waals surface area contributed by atoms with Crippen molar-refractivity contribution in [3.8, 4) is 0 Å². The highest BCUT2D eigenvalue weighted by atomic mass is 16.5. The lowest BCUT2D eigenvalue weighted by Crippen LogP contribution is -2.59. The molecular weight excluding hydrogens is 518 g/mol. The van der Waals surface area contributed by atoms with Crippen molar-refractivity contribution in [1.82, 2.24) is 14.7 Å². The van der Waals surface area contributed by atoms with Gasteiger partial charge >= 0.3 is 0 Å². The van der Waals surface area contributed by atoms with Crippen LogP contribution in [0.4, 0.5) is 0 Å². The number of amides is 3. The molecule has 2 unspecified atom stereocenters. The zero-order valence-corrected chi connectivity index (χ0v) is 24.9. The van der Waals surface area contributed by atoms with Gasteiger partial charge in [-0.3, -0.25) is 14.4 Å². The summed E-state index contributed by atoms with van der Waals surface area (Å²) in [7, 11) is 0. The van der Waals surface area contributed by atoms with Gasteiger partial charge in [0.15, 0.2) is 0 Å². The van der Waals surface area contributed by atoms with Crippen molar-refractivity contribution in [3.63, 3.8) is 0 Å². The molecule has 0 saturated carbocycles. The van der Waals surface area contributed by atoms with Gasteiger partial charge in [0.2, 0.25) is 17.7 Å². The highest BCUT2D eigenvalue weighted by Gasteiger charge is 2.75. The number of aliphatic hydroxyl groups is 1. The Hall–Kier alpha value is -2.97. The van der Waals surface area contributed by atoms with Crippen LogP contribution in [-0.4, -0.2) is 87.6 Å². The summed E-state index contributed by atoms with van der Waals surface area (Å²) in [6.45, 7) is 15.2. The van der Waals surface area contributed by atoms with E-state index in [4.69, 9.17) is 4.74 Å². The largest absolute Gasteiger partial charge is 0.394 e. The summed E-state index contributed by atoms with van der Waals surface area (Å²) in [6.07, 6.45) is 6.58. The third-order valence-electron chi connectivity index (χ3n) is 9.42. The van der Waals surface area contributed by atoms with E-state index in [0.717, 1.165) is 24.8 Å². The number of benzene rings is 1. The molecule has 1 aromatic rings. The summed E-state index contributed by atoms with van der Waals surface area (Å²) < 4.78 is 6.68. The molecule has 3 aliphatic heterocycles. The van der Waals surface area contributed by atoms with Gasteiger partial charge in [0.25, 0.3) is 0 Å². The van der Waals surface area contributed by atoms with Crippen molar-refractivity contribution >= 4 is 17.7 Å². The number of rotatable bonds is 15. The number of hydrogen-bond acceptors (Lipinski definition) is 5. The van der Waals surface area contributed by atoms with Crippen LogP contribution in [0.25, 0.3) is 0 Å². The monoisotopic (exact) mass is 565 g/mol. The molecule has 2 bridgehead atoms. The Bertz CT molecular complexity index is 1110. The number of fused-ring (bicyclic) bond motifs is 1. The van der Waals surface area contributed by atoms with Crippen LogP contribution in [0.2, 0.25) is 0 Å². The molecule has 1 aromatic carbocycles. The predicted octanol–water partition coefficient (Wildman–Crippen LogP) is 3.80. The fourth-order valence-corrected chi connectivity index (χ4v) is 7.20. The standard InChI is InChI=1S/C33H47N3O5/c1-6-10-20-34(18-7-2)32(40)29-33-17-16-26(41-33)27(28(33)31(39)36(29)25(22-37)23(5)9-4)30(38)35(19-8-3)21-24-14-12-11-13-15-24/h7-8,11-15,23,25-29,37H,2-3,6,9-10,16-22H2,1,4-5H3/t23-,25-,26+,27-,28-,29?,33?/m0/s1. The molecule has 41 heavy (non-hydrogen) atoms. The Morgan fingerprint density at radius 1 is 1.15 bits per heavy atom. The van der Waals surface area contributed by atoms with E-state index < -0.39 is 35.6 Å². The molecule has 8 nitrogen and oxygen atoms in total. The van der Waals surface area contributed by atoms with Gasteiger partial charge in [0, 0.05) is 26.2 Å². The second-order valence-electron chi connectivity index (χ2n) is 11.9. The molecule has 1 spiro atoms. The minimum absolute atomic E-state index is 0.0420.